The maximum absolute atomic E-state index is 13.7. The Labute approximate surface area is 209 Å². The van der Waals surface area contributed by atoms with Crippen molar-refractivity contribution in [3.63, 3.8) is 0 Å². The van der Waals surface area contributed by atoms with Gasteiger partial charge >= 0.3 is 0 Å². The molecule has 7 nitrogen and oxygen atoms in total. The van der Waals surface area contributed by atoms with E-state index in [-0.39, 0.29) is 24.4 Å². The van der Waals surface area contributed by atoms with Crippen LogP contribution in [0.3, 0.4) is 0 Å². The van der Waals surface area contributed by atoms with Crippen LogP contribution in [0.2, 0.25) is 0 Å². The van der Waals surface area contributed by atoms with Crippen molar-refractivity contribution in [3.8, 4) is 0 Å². The van der Waals surface area contributed by atoms with E-state index in [2.05, 4.69) is 10.6 Å². The molecule has 3 amide bonds. The van der Waals surface area contributed by atoms with Gasteiger partial charge in [0.2, 0.25) is 5.91 Å². The number of hydrogen-bond acceptors (Lipinski definition) is 5. The Morgan fingerprint density at radius 1 is 1.06 bits per heavy atom. The predicted molar refractivity (Wildman–Crippen MR) is 137 cm³/mol. The molecule has 4 rings (SSSR count). The molecule has 3 aromatic rings. The summed E-state index contributed by atoms with van der Waals surface area (Å²) < 4.78 is 5.89. The van der Waals surface area contributed by atoms with E-state index in [1.165, 1.54) is 16.2 Å². The van der Waals surface area contributed by atoms with E-state index in [1.54, 1.807) is 36.6 Å². The van der Waals surface area contributed by atoms with E-state index in [0.717, 1.165) is 36.8 Å². The summed E-state index contributed by atoms with van der Waals surface area (Å²) in [5.41, 5.74) is 2.51. The summed E-state index contributed by atoms with van der Waals surface area (Å²) in [5.74, 6) is 0.0194. The van der Waals surface area contributed by atoms with Gasteiger partial charge in [-0.2, -0.15) is 0 Å². The number of amides is 3. The van der Waals surface area contributed by atoms with Crippen LogP contribution in [-0.4, -0.2) is 30.3 Å². The summed E-state index contributed by atoms with van der Waals surface area (Å²) in [7, 11) is 0. The number of carbonyl (C=O) groups is 3. The number of nitrogens with one attached hydrogen (secondary N) is 2. The van der Waals surface area contributed by atoms with Crippen molar-refractivity contribution in [2.75, 3.05) is 11.4 Å². The molecule has 1 aliphatic carbocycles. The second-order valence-corrected chi connectivity index (χ2v) is 10.1. The third kappa shape index (κ3) is 6.00. The van der Waals surface area contributed by atoms with Crippen LogP contribution in [-0.2, 0) is 9.59 Å². The second-order valence-electron chi connectivity index (χ2n) is 9.11. The second kappa shape index (κ2) is 10.9. The SMILES string of the molecule is Cc1cc(C)cc(N(C(=O)CNC(=O)c2cccs2)[C@H](C(=O)NC2CCCC2)c2ccc(C)o2)c1. The molecular formula is C27H31N3O4S. The molecule has 0 spiro atoms. The van der Waals surface area contributed by atoms with Crippen LogP contribution in [0.1, 0.15) is 64.0 Å². The van der Waals surface area contributed by atoms with E-state index >= 15 is 0 Å². The number of benzene rings is 1. The zero-order valence-corrected chi connectivity index (χ0v) is 21.1. The molecule has 8 heteroatoms. The highest BCUT2D eigenvalue weighted by molar-refractivity contribution is 7.12. The molecule has 0 radical (unpaired) electrons. The van der Waals surface area contributed by atoms with E-state index in [4.69, 9.17) is 4.42 Å². The number of hydrogen-bond donors (Lipinski definition) is 2. The van der Waals surface area contributed by atoms with E-state index in [1.807, 2.05) is 32.0 Å². The lowest BCUT2D eigenvalue weighted by molar-refractivity contribution is -0.127. The number of furan rings is 1. The van der Waals surface area contributed by atoms with Gasteiger partial charge in [-0.15, -0.1) is 11.3 Å². The van der Waals surface area contributed by atoms with Gasteiger partial charge in [0.15, 0.2) is 6.04 Å². The van der Waals surface area contributed by atoms with Gasteiger partial charge in [-0.3, -0.25) is 19.3 Å². The lowest BCUT2D eigenvalue weighted by Crippen LogP contribution is -2.49. The van der Waals surface area contributed by atoms with Crippen molar-refractivity contribution < 1.29 is 18.8 Å². The zero-order valence-electron chi connectivity index (χ0n) is 20.3. The van der Waals surface area contributed by atoms with Gasteiger partial charge in [0.05, 0.1) is 11.4 Å². The fraction of sp³-hybridized carbons (Fsp3) is 0.370. The smallest absolute Gasteiger partial charge is 0.261 e. The van der Waals surface area contributed by atoms with Crippen LogP contribution >= 0.6 is 11.3 Å². The average Bonchev–Trinajstić information content (AvgIpc) is 3.58. The molecule has 2 N–H and O–H groups in total. The highest BCUT2D eigenvalue weighted by Gasteiger charge is 2.36. The van der Waals surface area contributed by atoms with Crippen LogP contribution < -0.4 is 15.5 Å². The summed E-state index contributed by atoms with van der Waals surface area (Å²) in [4.78, 5) is 41.9. The Kier molecular flexibility index (Phi) is 7.70. The van der Waals surface area contributed by atoms with Crippen molar-refractivity contribution in [2.24, 2.45) is 0 Å². The number of anilines is 1. The number of rotatable bonds is 8. The van der Waals surface area contributed by atoms with Gasteiger partial charge in [-0.1, -0.05) is 25.0 Å². The lowest BCUT2D eigenvalue weighted by Gasteiger charge is -2.31. The molecule has 184 valence electrons. The maximum Gasteiger partial charge on any atom is 0.261 e. The molecule has 1 aromatic carbocycles. The van der Waals surface area contributed by atoms with Crippen molar-refractivity contribution in [2.45, 2.75) is 58.5 Å². The number of aryl methyl sites for hydroxylation is 3. The van der Waals surface area contributed by atoms with Crippen molar-refractivity contribution in [1.82, 2.24) is 10.6 Å². The Morgan fingerprint density at radius 2 is 1.77 bits per heavy atom. The van der Waals surface area contributed by atoms with Gasteiger partial charge in [0, 0.05) is 11.7 Å². The predicted octanol–water partition coefficient (Wildman–Crippen LogP) is 4.83. The molecule has 2 aromatic heterocycles. The molecular weight excluding hydrogens is 462 g/mol. The van der Waals surface area contributed by atoms with Crippen LogP contribution in [0.5, 0.6) is 0 Å². The third-order valence-electron chi connectivity index (χ3n) is 6.14. The first-order valence-corrected chi connectivity index (χ1v) is 12.8. The van der Waals surface area contributed by atoms with Crippen LogP contribution in [0.25, 0.3) is 0 Å². The first-order chi connectivity index (χ1) is 16.8. The molecule has 1 fully saturated rings. The van der Waals surface area contributed by atoms with Crippen molar-refractivity contribution in [3.05, 3.63) is 75.4 Å². The molecule has 35 heavy (non-hydrogen) atoms. The minimum absolute atomic E-state index is 0.0794. The monoisotopic (exact) mass is 493 g/mol. The van der Waals surface area contributed by atoms with Crippen molar-refractivity contribution in [1.29, 1.82) is 0 Å². The Hall–Kier alpha value is -3.39. The number of carbonyl (C=O) groups excluding carboxylic acids is 3. The Bertz CT molecular complexity index is 1170. The summed E-state index contributed by atoms with van der Waals surface area (Å²) in [5, 5.41) is 7.64. The summed E-state index contributed by atoms with van der Waals surface area (Å²) >= 11 is 1.30. The van der Waals surface area contributed by atoms with Crippen LogP contribution in [0.4, 0.5) is 5.69 Å². The average molecular weight is 494 g/mol. The topological polar surface area (TPSA) is 91.7 Å². The van der Waals surface area contributed by atoms with Crippen molar-refractivity contribution >= 4 is 34.7 Å². The fourth-order valence-corrected chi connectivity index (χ4v) is 5.23. The first kappa shape index (κ1) is 24.7. The molecule has 0 saturated heterocycles. The summed E-state index contributed by atoms with van der Waals surface area (Å²) in [6.45, 7) is 5.45. The largest absolute Gasteiger partial charge is 0.464 e. The molecule has 0 bridgehead atoms. The molecule has 1 aliphatic rings. The molecule has 1 atom stereocenters. The van der Waals surface area contributed by atoms with E-state index in [0.29, 0.717) is 22.1 Å². The summed E-state index contributed by atoms with van der Waals surface area (Å²) in [6, 6.07) is 11.8. The molecule has 1 saturated carbocycles. The first-order valence-electron chi connectivity index (χ1n) is 11.9. The Balaban J connectivity index is 1.69. The number of nitrogens with zero attached hydrogens (tertiary/aromatic N) is 1. The van der Waals surface area contributed by atoms with Crippen LogP contribution in [0.15, 0.2) is 52.3 Å². The summed E-state index contributed by atoms with van der Waals surface area (Å²) in [6.07, 6.45) is 3.99. The quantitative estimate of drug-likeness (QED) is 0.470. The highest BCUT2D eigenvalue weighted by Crippen LogP contribution is 2.31. The molecule has 2 heterocycles. The lowest BCUT2D eigenvalue weighted by atomic mass is 10.1. The van der Waals surface area contributed by atoms with Gasteiger partial charge in [0.25, 0.3) is 11.8 Å². The standard InChI is InChI=1S/C27H31N3O4S/c1-17-13-18(2)15-21(14-17)30(24(31)16-28-26(32)23-9-6-12-35-23)25(22-11-10-19(3)34-22)27(33)29-20-7-4-5-8-20/h6,9-15,20,25H,4-5,7-8,16H2,1-3H3,(H,28,32)(H,29,33)/t25-/m0/s1. The van der Waals surface area contributed by atoms with E-state index in [9.17, 15) is 14.4 Å². The van der Waals surface area contributed by atoms with Gasteiger partial charge < -0.3 is 15.1 Å². The zero-order chi connectivity index (χ0) is 24.9. The Morgan fingerprint density at radius 3 is 2.37 bits per heavy atom. The third-order valence-corrected chi connectivity index (χ3v) is 7.01. The fourth-order valence-electron chi connectivity index (χ4n) is 4.59. The molecule has 0 unspecified atom stereocenters. The van der Waals surface area contributed by atoms with Crippen LogP contribution in [0, 0.1) is 20.8 Å². The van der Waals surface area contributed by atoms with Gasteiger partial charge in [0.1, 0.15) is 11.5 Å². The minimum atomic E-state index is -1.00. The molecule has 0 aliphatic heterocycles. The van der Waals surface area contributed by atoms with Gasteiger partial charge in [-0.25, -0.2) is 0 Å². The minimum Gasteiger partial charge on any atom is -0.464 e. The number of thiophene rings is 1. The normalized spacial score (nSPS) is 14.5. The maximum atomic E-state index is 13.7. The van der Waals surface area contributed by atoms with E-state index < -0.39 is 11.9 Å². The highest BCUT2D eigenvalue weighted by atomic mass is 32.1. The van der Waals surface area contributed by atoms with Gasteiger partial charge in [-0.05, 0) is 80.5 Å².